The number of nitrogens with one attached hydrogen (secondary N) is 1. The van der Waals surface area contributed by atoms with E-state index >= 15 is 0 Å². The van der Waals surface area contributed by atoms with E-state index in [1.165, 1.54) is 0 Å². The highest BCUT2D eigenvalue weighted by atomic mass is 16.6. The Morgan fingerprint density at radius 1 is 1.41 bits per heavy atom. The summed E-state index contributed by atoms with van der Waals surface area (Å²) in [4.78, 5) is 13.9. The molecule has 0 bridgehead atoms. The molecule has 0 radical (unpaired) electrons. The molecule has 98 valence electrons. The van der Waals surface area contributed by atoms with E-state index in [0.29, 0.717) is 19.7 Å². The third-order valence-electron chi connectivity index (χ3n) is 3.09. The van der Waals surface area contributed by atoms with Crippen LogP contribution < -0.4 is 5.32 Å². The molecule has 2 aliphatic rings. The molecular weight excluding hydrogens is 220 g/mol. The van der Waals surface area contributed by atoms with Crippen molar-refractivity contribution in [2.45, 2.75) is 51.5 Å². The van der Waals surface area contributed by atoms with Crippen molar-refractivity contribution >= 4 is 6.09 Å². The number of amides is 1. The van der Waals surface area contributed by atoms with Gasteiger partial charge in [-0.2, -0.15) is 0 Å². The van der Waals surface area contributed by atoms with E-state index in [0.717, 1.165) is 0 Å². The summed E-state index contributed by atoms with van der Waals surface area (Å²) in [6.45, 7) is 11.6. The molecule has 0 saturated carbocycles. The van der Waals surface area contributed by atoms with Crippen molar-refractivity contribution in [3.63, 3.8) is 0 Å². The Bertz CT molecular complexity index is 329. The van der Waals surface area contributed by atoms with E-state index in [2.05, 4.69) is 5.32 Å². The second kappa shape index (κ2) is 3.59. The Morgan fingerprint density at radius 3 is 2.47 bits per heavy atom. The minimum Gasteiger partial charge on any atom is -0.444 e. The number of epoxide rings is 1. The first kappa shape index (κ1) is 12.6. The number of rotatable bonds is 0. The van der Waals surface area contributed by atoms with Gasteiger partial charge in [-0.05, 0) is 34.6 Å². The molecule has 0 aliphatic carbocycles. The van der Waals surface area contributed by atoms with E-state index in [-0.39, 0.29) is 17.4 Å². The molecule has 0 aromatic carbocycles. The smallest absolute Gasteiger partial charge is 0.410 e. The van der Waals surface area contributed by atoms with Crippen LogP contribution in [0, 0.1) is 0 Å². The van der Waals surface area contributed by atoms with Crippen molar-refractivity contribution in [3.05, 3.63) is 0 Å². The Labute approximate surface area is 102 Å². The van der Waals surface area contributed by atoms with Crippen molar-refractivity contribution in [3.8, 4) is 0 Å². The van der Waals surface area contributed by atoms with Gasteiger partial charge >= 0.3 is 6.09 Å². The molecule has 1 atom stereocenters. The molecule has 0 aromatic rings. The zero-order valence-electron chi connectivity index (χ0n) is 11.3. The summed E-state index contributed by atoms with van der Waals surface area (Å²) in [6.07, 6.45) is -0.265. The van der Waals surface area contributed by atoms with Crippen LogP contribution in [0.2, 0.25) is 0 Å². The van der Waals surface area contributed by atoms with E-state index in [1.807, 2.05) is 34.6 Å². The predicted molar refractivity (Wildman–Crippen MR) is 63.7 cm³/mol. The van der Waals surface area contributed by atoms with Gasteiger partial charge in [-0.1, -0.05) is 0 Å². The van der Waals surface area contributed by atoms with Crippen LogP contribution in [-0.4, -0.2) is 47.6 Å². The van der Waals surface area contributed by atoms with Crippen LogP contribution in [0.5, 0.6) is 0 Å². The largest absolute Gasteiger partial charge is 0.444 e. The highest BCUT2D eigenvalue weighted by molar-refractivity contribution is 5.69. The van der Waals surface area contributed by atoms with Crippen LogP contribution in [0.1, 0.15) is 34.6 Å². The summed E-state index contributed by atoms with van der Waals surface area (Å²) in [5, 5.41) is 3.34. The molecule has 5 heteroatoms. The molecule has 2 rings (SSSR count). The van der Waals surface area contributed by atoms with Crippen LogP contribution in [0.3, 0.4) is 0 Å². The maximum Gasteiger partial charge on any atom is 0.410 e. The van der Waals surface area contributed by atoms with Gasteiger partial charge in [0.2, 0.25) is 0 Å². The number of nitrogens with zero attached hydrogens (tertiary/aromatic N) is 1. The highest BCUT2D eigenvalue weighted by Gasteiger charge is 2.54. The maximum absolute atomic E-state index is 12.2. The molecule has 2 aliphatic heterocycles. The first-order chi connectivity index (χ1) is 7.64. The van der Waals surface area contributed by atoms with Gasteiger partial charge in [0.05, 0.1) is 18.7 Å². The maximum atomic E-state index is 12.2. The van der Waals surface area contributed by atoms with Crippen molar-refractivity contribution in [1.29, 1.82) is 0 Å². The van der Waals surface area contributed by atoms with Gasteiger partial charge in [0, 0.05) is 6.54 Å². The minimum atomic E-state index is -0.463. The monoisotopic (exact) mass is 242 g/mol. The highest BCUT2D eigenvalue weighted by Crippen LogP contribution is 2.33. The molecule has 5 nitrogen and oxygen atoms in total. The molecule has 17 heavy (non-hydrogen) atoms. The quantitative estimate of drug-likeness (QED) is 0.651. The van der Waals surface area contributed by atoms with Crippen molar-refractivity contribution in [2.24, 2.45) is 0 Å². The van der Waals surface area contributed by atoms with Crippen LogP contribution in [-0.2, 0) is 9.47 Å². The number of hydrogen-bond donors (Lipinski definition) is 1. The Morgan fingerprint density at radius 2 is 2.00 bits per heavy atom. The summed E-state index contributed by atoms with van der Waals surface area (Å²) in [5.74, 6) is 0. The summed E-state index contributed by atoms with van der Waals surface area (Å²) in [5.41, 5.74) is -1.03. The topological polar surface area (TPSA) is 54.1 Å². The number of carbonyl (C=O) groups is 1. The lowest BCUT2D eigenvalue weighted by Crippen LogP contribution is -2.65. The first-order valence-corrected chi connectivity index (χ1v) is 6.03. The van der Waals surface area contributed by atoms with Crippen LogP contribution in [0.25, 0.3) is 0 Å². The third kappa shape index (κ3) is 2.72. The second-order valence-corrected chi connectivity index (χ2v) is 6.52. The zero-order chi connectivity index (χ0) is 12.9. The van der Waals surface area contributed by atoms with Crippen LogP contribution in [0.15, 0.2) is 0 Å². The van der Waals surface area contributed by atoms with E-state index in [1.54, 1.807) is 4.90 Å². The molecule has 1 N–H and O–H groups in total. The standard InChI is InChI=1S/C12H22N2O3/c1-10(2,3)17-9(15)14-7-12(8-16-12)13-6-11(14,4)5/h13H,6-8H2,1-5H3. The molecule has 2 fully saturated rings. The normalized spacial score (nSPS) is 31.5. The van der Waals surface area contributed by atoms with Crippen LogP contribution in [0.4, 0.5) is 4.79 Å². The average Bonchev–Trinajstić information content (AvgIpc) is 2.88. The van der Waals surface area contributed by atoms with Crippen molar-refractivity contribution in [1.82, 2.24) is 10.2 Å². The molecule has 1 unspecified atom stereocenters. The lowest BCUT2D eigenvalue weighted by molar-refractivity contribution is -0.0220. The number of ether oxygens (including phenoxy) is 2. The van der Waals surface area contributed by atoms with Crippen molar-refractivity contribution in [2.75, 3.05) is 19.7 Å². The first-order valence-electron chi connectivity index (χ1n) is 6.03. The molecule has 2 heterocycles. The fourth-order valence-electron chi connectivity index (χ4n) is 1.91. The van der Waals surface area contributed by atoms with E-state index in [4.69, 9.17) is 9.47 Å². The minimum absolute atomic E-state index is 0.250. The van der Waals surface area contributed by atoms with Crippen LogP contribution >= 0.6 is 0 Å². The molecule has 1 spiro atoms. The lowest BCUT2D eigenvalue weighted by Gasteiger charge is -2.45. The second-order valence-electron chi connectivity index (χ2n) is 6.52. The third-order valence-corrected chi connectivity index (χ3v) is 3.09. The fraction of sp³-hybridized carbons (Fsp3) is 0.917. The number of carbonyl (C=O) groups excluding carboxylic acids is 1. The summed E-state index contributed by atoms with van der Waals surface area (Å²) in [6, 6.07) is 0. The van der Waals surface area contributed by atoms with Gasteiger partial charge in [0.25, 0.3) is 0 Å². The molecule has 1 amide bonds. The fourth-order valence-corrected chi connectivity index (χ4v) is 1.91. The van der Waals surface area contributed by atoms with Gasteiger partial charge in [-0.15, -0.1) is 0 Å². The summed E-state index contributed by atoms with van der Waals surface area (Å²) < 4.78 is 10.8. The van der Waals surface area contributed by atoms with Gasteiger partial charge in [-0.25, -0.2) is 4.79 Å². The van der Waals surface area contributed by atoms with Crippen molar-refractivity contribution < 1.29 is 14.3 Å². The van der Waals surface area contributed by atoms with Gasteiger partial charge in [0.1, 0.15) is 5.60 Å². The van der Waals surface area contributed by atoms with E-state index in [9.17, 15) is 4.79 Å². The molecule has 0 aromatic heterocycles. The average molecular weight is 242 g/mol. The Balaban J connectivity index is 2.08. The predicted octanol–water partition coefficient (Wildman–Crippen LogP) is 1.33. The zero-order valence-corrected chi connectivity index (χ0v) is 11.3. The van der Waals surface area contributed by atoms with Gasteiger partial charge < -0.3 is 9.47 Å². The number of hydrogen-bond acceptors (Lipinski definition) is 4. The van der Waals surface area contributed by atoms with Gasteiger partial charge in [-0.3, -0.25) is 10.2 Å². The van der Waals surface area contributed by atoms with E-state index < -0.39 is 5.60 Å². The van der Waals surface area contributed by atoms with Gasteiger partial charge in [0.15, 0.2) is 5.72 Å². The summed E-state index contributed by atoms with van der Waals surface area (Å²) >= 11 is 0. The SMILES string of the molecule is CC(C)(C)OC(=O)N1CC2(CO2)NCC1(C)C. The Kier molecular flexibility index (Phi) is 2.67. The lowest BCUT2D eigenvalue weighted by atomic mass is 9.98. The number of piperazine rings is 1. The Hall–Kier alpha value is -0.810. The molecular formula is C12H22N2O3. The molecule has 2 saturated heterocycles. The summed E-state index contributed by atoms with van der Waals surface area (Å²) in [7, 11) is 0.